The smallest absolute Gasteiger partial charge is 0.159 e. The van der Waals surface area contributed by atoms with Gasteiger partial charge in [-0.25, -0.2) is 0 Å². The molecule has 0 heterocycles. The summed E-state index contributed by atoms with van der Waals surface area (Å²) in [6.07, 6.45) is 6.89. The van der Waals surface area contributed by atoms with Crippen molar-refractivity contribution in [3.8, 4) is 0 Å². The van der Waals surface area contributed by atoms with E-state index in [1.54, 1.807) is 0 Å². The first-order chi connectivity index (χ1) is 6.88. The van der Waals surface area contributed by atoms with Gasteiger partial charge in [-0.05, 0) is 37.3 Å². The summed E-state index contributed by atoms with van der Waals surface area (Å²) in [5.41, 5.74) is 3.35. The van der Waals surface area contributed by atoms with Gasteiger partial charge in [-0.2, -0.15) is 0 Å². The second-order valence-corrected chi connectivity index (χ2v) is 4.89. The van der Waals surface area contributed by atoms with Crippen LogP contribution in [-0.4, -0.2) is 5.78 Å². The zero-order chi connectivity index (χ0) is 11.6. The molecule has 1 aliphatic rings. The van der Waals surface area contributed by atoms with Crippen LogP contribution in [-0.2, 0) is 4.79 Å². The molecule has 1 rings (SSSR count). The van der Waals surface area contributed by atoms with E-state index in [4.69, 9.17) is 0 Å². The number of hydrogen-bond acceptors (Lipinski definition) is 1. The third-order valence-electron chi connectivity index (χ3n) is 3.12. The molecule has 15 heavy (non-hydrogen) atoms. The highest BCUT2D eigenvalue weighted by Crippen LogP contribution is 2.40. The van der Waals surface area contributed by atoms with Crippen LogP contribution in [0.1, 0.15) is 41.0 Å². The van der Waals surface area contributed by atoms with Crippen molar-refractivity contribution >= 4 is 5.78 Å². The third kappa shape index (κ3) is 2.47. The van der Waals surface area contributed by atoms with Crippen LogP contribution in [0.15, 0.2) is 34.9 Å². The van der Waals surface area contributed by atoms with E-state index in [0.717, 1.165) is 5.57 Å². The molecule has 0 amide bonds. The third-order valence-corrected chi connectivity index (χ3v) is 3.12. The van der Waals surface area contributed by atoms with Crippen LogP contribution < -0.4 is 0 Å². The summed E-state index contributed by atoms with van der Waals surface area (Å²) in [5.74, 6) is 0.290. The highest BCUT2D eigenvalue weighted by molar-refractivity contribution is 5.99. The van der Waals surface area contributed by atoms with Gasteiger partial charge in [0.05, 0.1) is 0 Å². The monoisotopic (exact) mass is 204 g/mol. The van der Waals surface area contributed by atoms with Crippen LogP contribution >= 0.6 is 0 Å². The van der Waals surface area contributed by atoms with Crippen LogP contribution in [0.3, 0.4) is 0 Å². The van der Waals surface area contributed by atoms with Gasteiger partial charge in [0.2, 0.25) is 0 Å². The number of carbonyl (C=O) groups excluding carboxylic acids is 1. The summed E-state index contributed by atoms with van der Waals surface area (Å²) in [6.45, 7) is 10.3. The summed E-state index contributed by atoms with van der Waals surface area (Å²) in [6, 6.07) is 0. The molecule has 0 unspecified atom stereocenters. The molecule has 1 heteroatoms. The highest BCUT2D eigenvalue weighted by atomic mass is 16.1. The number of rotatable bonds is 2. The molecule has 0 N–H and O–H groups in total. The molecule has 0 atom stereocenters. The standard InChI is InChI=1S/C14H20O/c1-6-10(2)7-8-12-11(3)13(15)9-14(12,4)5/h6-8H,9H2,1-5H3. The topological polar surface area (TPSA) is 17.1 Å². The number of ketones is 1. The summed E-state index contributed by atoms with van der Waals surface area (Å²) in [7, 11) is 0. The van der Waals surface area contributed by atoms with Crippen LogP contribution in [0.4, 0.5) is 0 Å². The Hall–Kier alpha value is -1.11. The molecule has 0 fully saturated rings. The van der Waals surface area contributed by atoms with E-state index in [0.29, 0.717) is 6.42 Å². The first-order valence-corrected chi connectivity index (χ1v) is 5.44. The average molecular weight is 204 g/mol. The fraction of sp³-hybridized carbons (Fsp3) is 0.500. The molecule has 0 aliphatic heterocycles. The predicted octanol–water partition coefficient (Wildman–Crippen LogP) is 3.82. The van der Waals surface area contributed by atoms with Gasteiger partial charge >= 0.3 is 0 Å². The SMILES string of the molecule is CC=C(C)C=CC1=C(C)C(=O)CC1(C)C. The molecule has 0 radical (unpaired) electrons. The summed E-state index contributed by atoms with van der Waals surface area (Å²) in [5, 5.41) is 0. The number of allylic oxidation sites excluding steroid dienone is 6. The lowest BCUT2D eigenvalue weighted by molar-refractivity contribution is -0.115. The van der Waals surface area contributed by atoms with Crippen molar-refractivity contribution < 1.29 is 4.79 Å². The molecule has 0 saturated heterocycles. The minimum absolute atomic E-state index is 0.00564. The highest BCUT2D eigenvalue weighted by Gasteiger charge is 2.34. The second kappa shape index (κ2) is 4.18. The second-order valence-electron chi connectivity index (χ2n) is 4.89. The van der Waals surface area contributed by atoms with Gasteiger partial charge in [0.25, 0.3) is 0 Å². The van der Waals surface area contributed by atoms with Crippen LogP contribution in [0.2, 0.25) is 0 Å². The fourth-order valence-electron chi connectivity index (χ4n) is 1.95. The average Bonchev–Trinajstić information content (AvgIpc) is 2.34. The van der Waals surface area contributed by atoms with Crippen molar-refractivity contribution in [2.75, 3.05) is 0 Å². The van der Waals surface area contributed by atoms with Crippen LogP contribution in [0, 0.1) is 5.41 Å². The Labute approximate surface area is 92.6 Å². The Balaban J connectivity index is 3.03. The zero-order valence-corrected chi connectivity index (χ0v) is 10.3. The predicted molar refractivity (Wildman–Crippen MR) is 64.7 cm³/mol. The van der Waals surface area contributed by atoms with E-state index in [9.17, 15) is 4.79 Å². The molecule has 0 bridgehead atoms. The molecule has 0 aromatic rings. The van der Waals surface area contributed by atoms with Crippen molar-refractivity contribution in [2.24, 2.45) is 5.41 Å². The van der Waals surface area contributed by atoms with E-state index < -0.39 is 0 Å². The Morgan fingerprint density at radius 2 is 2.00 bits per heavy atom. The van der Waals surface area contributed by atoms with E-state index in [1.807, 2.05) is 13.8 Å². The number of carbonyl (C=O) groups is 1. The van der Waals surface area contributed by atoms with Crippen molar-refractivity contribution in [1.82, 2.24) is 0 Å². The van der Waals surface area contributed by atoms with Crippen LogP contribution in [0.5, 0.6) is 0 Å². The van der Waals surface area contributed by atoms with Crippen molar-refractivity contribution in [3.05, 3.63) is 34.9 Å². The van der Waals surface area contributed by atoms with E-state index in [-0.39, 0.29) is 11.2 Å². The molecule has 0 spiro atoms. The van der Waals surface area contributed by atoms with E-state index in [1.165, 1.54) is 11.1 Å². The summed E-state index contributed by atoms with van der Waals surface area (Å²) < 4.78 is 0. The maximum absolute atomic E-state index is 11.6. The van der Waals surface area contributed by atoms with Gasteiger partial charge in [-0.1, -0.05) is 37.6 Å². The van der Waals surface area contributed by atoms with Crippen molar-refractivity contribution in [3.63, 3.8) is 0 Å². The molecular formula is C14H20O. The summed E-state index contributed by atoms with van der Waals surface area (Å²) >= 11 is 0. The molecule has 0 aromatic carbocycles. The van der Waals surface area contributed by atoms with Gasteiger partial charge in [0.1, 0.15) is 0 Å². The summed E-state index contributed by atoms with van der Waals surface area (Å²) in [4.78, 5) is 11.6. The minimum atomic E-state index is 0.00564. The lowest BCUT2D eigenvalue weighted by atomic mass is 9.85. The largest absolute Gasteiger partial charge is 0.295 e. The Kier molecular flexibility index (Phi) is 3.33. The lowest BCUT2D eigenvalue weighted by Gasteiger charge is -2.19. The van der Waals surface area contributed by atoms with Crippen LogP contribution in [0.25, 0.3) is 0 Å². The Bertz CT molecular complexity index is 365. The first-order valence-electron chi connectivity index (χ1n) is 5.44. The molecule has 0 saturated carbocycles. The molecule has 82 valence electrons. The Morgan fingerprint density at radius 1 is 1.40 bits per heavy atom. The quantitative estimate of drug-likeness (QED) is 0.625. The van der Waals surface area contributed by atoms with Gasteiger partial charge in [-0.3, -0.25) is 4.79 Å². The van der Waals surface area contributed by atoms with E-state index >= 15 is 0 Å². The Morgan fingerprint density at radius 3 is 2.40 bits per heavy atom. The van der Waals surface area contributed by atoms with Gasteiger partial charge in [0, 0.05) is 6.42 Å². The number of hydrogen-bond donors (Lipinski definition) is 0. The maximum atomic E-state index is 11.6. The molecular weight excluding hydrogens is 184 g/mol. The molecule has 1 aliphatic carbocycles. The maximum Gasteiger partial charge on any atom is 0.159 e. The zero-order valence-electron chi connectivity index (χ0n) is 10.3. The van der Waals surface area contributed by atoms with Gasteiger partial charge < -0.3 is 0 Å². The van der Waals surface area contributed by atoms with Crippen molar-refractivity contribution in [1.29, 1.82) is 0 Å². The molecule has 1 nitrogen and oxygen atoms in total. The van der Waals surface area contributed by atoms with Crippen molar-refractivity contribution in [2.45, 2.75) is 41.0 Å². The normalized spacial score (nSPS) is 21.9. The van der Waals surface area contributed by atoms with Gasteiger partial charge in [0.15, 0.2) is 5.78 Å². The lowest BCUT2D eigenvalue weighted by Crippen LogP contribution is -2.09. The van der Waals surface area contributed by atoms with Gasteiger partial charge in [-0.15, -0.1) is 0 Å². The minimum Gasteiger partial charge on any atom is -0.295 e. The first kappa shape index (κ1) is 12.0. The van der Waals surface area contributed by atoms with E-state index in [2.05, 4.69) is 39.0 Å². The fourth-order valence-corrected chi connectivity index (χ4v) is 1.95. The molecule has 0 aromatic heterocycles. The number of Topliss-reactive ketones (excluding diaryl/α,β-unsaturated/α-hetero) is 1.